The maximum atomic E-state index is 13.5. The lowest BCUT2D eigenvalue weighted by Crippen LogP contribution is -2.20. The number of nitrogens with one attached hydrogen (secondary N) is 2. The number of carbonyl (C=O) groups excluding carboxylic acids is 4. The Morgan fingerprint density at radius 3 is 1.57 bits per heavy atom. The van der Waals surface area contributed by atoms with Crippen LogP contribution in [0.2, 0.25) is 5.02 Å². The lowest BCUT2D eigenvalue weighted by Gasteiger charge is -2.10. The number of hydrogen-bond donors (Lipinski definition) is 2. The number of Topliss-reactive ketones (excluding diaryl/α,β-unsaturated/α-hetero) is 2. The van der Waals surface area contributed by atoms with E-state index in [1.165, 1.54) is 48.5 Å². The van der Waals surface area contributed by atoms with Crippen molar-refractivity contribution in [3.8, 4) is 0 Å². The van der Waals surface area contributed by atoms with Gasteiger partial charge in [-0.25, -0.2) is 22.8 Å². The fourth-order valence-corrected chi connectivity index (χ4v) is 4.16. The highest BCUT2D eigenvalue weighted by atomic mass is 35.5. The Labute approximate surface area is 272 Å². The van der Waals surface area contributed by atoms with E-state index in [0.29, 0.717) is 22.5 Å². The summed E-state index contributed by atoms with van der Waals surface area (Å²) in [4.78, 5) is 49.7. The van der Waals surface area contributed by atoms with Crippen molar-refractivity contribution in [3.05, 3.63) is 130 Å². The lowest BCUT2D eigenvalue weighted by molar-refractivity contribution is -0.123. The maximum absolute atomic E-state index is 13.5. The number of esters is 2. The Morgan fingerprint density at radius 2 is 1.09 bits per heavy atom. The van der Waals surface area contributed by atoms with Crippen molar-refractivity contribution in [2.75, 3.05) is 36.9 Å². The fourth-order valence-electron chi connectivity index (χ4n) is 4.04. The van der Waals surface area contributed by atoms with Gasteiger partial charge in [0.1, 0.15) is 19.0 Å². The van der Waals surface area contributed by atoms with Crippen LogP contribution in [0, 0.1) is 17.5 Å². The molecular formula is C34H28ClF3N2O7. The summed E-state index contributed by atoms with van der Waals surface area (Å²) < 4.78 is 55.4. The first kappa shape index (κ1) is 34.8. The lowest BCUT2D eigenvalue weighted by atomic mass is 10.2. The molecule has 0 saturated carbocycles. The molecule has 0 fully saturated rings. The Kier molecular flexibility index (Phi) is 12.6. The molecule has 0 radical (unpaired) electrons. The van der Waals surface area contributed by atoms with Crippen LogP contribution in [0.5, 0.6) is 0 Å². The van der Waals surface area contributed by atoms with Crippen LogP contribution >= 0.6 is 11.6 Å². The van der Waals surface area contributed by atoms with Gasteiger partial charge in [-0.1, -0.05) is 35.9 Å². The van der Waals surface area contributed by atoms with Crippen LogP contribution < -0.4 is 10.6 Å². The van der Waals surface area contributed by atoms with Crippen LogP contribution in [-0.2, 0) is 37.0 Å². The fraction of sp³-hybridized carbons (Fsp3) is 0.176. The number of rotatable bonds is 16. The molecule has 9 nitrogen and oxygen atoms in total. The smallest absolute Gasteiger partial charge is 0.346 e. The van der Waals surface area contributed by atoms with E-state index in [2.05, 4.69) is 10.6 Å². The Bertz CT molecular complexity index is 1640. The van der Waals surface area contributed by atoms with Crippen LogP contribution in [-0.4, -0.2) is 49.8 Å². The zero-order valence-corrected chi connectivity index (χ0v) is 25.5. The average molecular weight is 669 g/mol. The number of ketones is 2. The molecule has 0 atom stereocenters. The Balaban J connectivity index is 1.19. The van der Waals surface area contributed by atoms with Crippen molar-refractivity contribution in [2.24, 2.45) is 0 Å². The molecule has 0 unspecified atom stereocenters. The highest BCUT2D eigenvalue weighted by Gasteiger charge is 2.16. The van der Waals surface area contributed by atoms with Gasteiger partial charge in [-0.2, -0.15) is 0 Å². The summed E-state index contributed by atoms with van der Waals surface area (Å²) in [5, 5.41) is 5.71. The molecule has 47 heavy (non-hydrogen) atoms. The van der Waals surface area contributed by atoms with E-state index in [0.717, 1.165) is 12.1 Å². The van der Waals surface area contributed by atoms with Gasteiger partial charge < -0.3 is 24.8 Å². The molecule has 0 bridgehead atoms. The van der Waals surface area contributed by atoms with Gasteiger partial charge in [0.2, 0.25) is 0 Å². The highest BCUT2D eigenvalue weighted by Crippen LogP contribution is 2.17. The van der Waals surface area contributed by atoms with Crippen LogP contribution in [0.15, 0.2) is 84.9 Å². The number of anilines is 2. The molecular weight excluding hydrogens is 641 g/mol. The van der Waals surface area contributed by atoms with Crippen LogP contribution in [0.4, 0.5) is 24.5 Å². The first-order valence-electron chi connectivity index (χ1n) is 14.1. The van der Waals surface area contributed by atoms with Gasteiger partial charge in [0, 0.05) is 11.4 Å². The van der Waals surface area contributed by atoms with Gasteiger partial charge in [-0.05, 0) is 71.8 Å². The number of benzene rings is 4. The molecule has 13 heteroatoms. The van der Waals surface area contributed by atoms with Crippen molar-refractivity contribution < 1.29 is 46.6 Å². The van der Waals surface area contributed by atoms with E-state index in [4.69, 9.17) is 25.8 Å². The minimum absolute atomic E-state index is 0.0113. The molecule has 0 heterocycles. The van der Waals surface area contributed by atoms with Crippen molar-refractivity contribution in [3.63, 3.8) is 0 Å². The van der Waals surface area contributed by atoms with Gasteiger partial charge in [0.15, 0.2) is 23.2 Å². The van der Waals surface area contributed by atoms with E-state index in [1.54, 1.807) is 24.3 Å². The Morgan fingerprint density at radius 1 is 0.596 bits per heavy atom. The molecule has 0 amide bonds. The zero-order chi connectivity index (χ0) is 33.8. The second kappa shape index (κ2) is 17.0. The van der Waals surface area contributed by atoms with Gasteiger partial charge in [-0.15, -0.1) is 0 Å². The summed E-state index contributed by atoms with van der Waals surface area (Å²) in [7, 11) is 0. The van der Waals surface area contributed by atoms with Gasteiger partial charge >= 0.3 is 11.9 Å². The summed E-state index contributed by atoms with van der Waals surface area (Å²) in [6.45, 7) is -0.847. The van der Waals surface area contributed by atoms with Gasteiger partial charge in [0.25, 0.3) is 0 Å². The maximum Gasteiger partial charge on any atom is 0.346 e. The molecule has 4 aromatic carbocycles. The molecule has 0 aliphatic heterocycles. The standard InChI is InChI=1S/C34H28ClF3N2O7/c35-29-9-7-21(11-31(29)37)17-45-19-27(41)15-39-25-5-1-3-23(13-25)33(43)47-34(44)24-4-2-6-26(14-24)40-16-28(42)20-46-18-22-8-10-30(36)32(38)12-22/h1-14,39-40H,15-20H2. The molecule has 0 aromatic heterocycles. The van der Waals surface area contributed by atoms with Gasteiger partial charge in [-0.3, -0.25) is 9.59 Å². The second-order valence-electron chi connectivity index (χ2n) is 10.1. The van der Waals surface area contributed by atoms with Crippen LogP contribution in [0.1, 0.15) is 31.8 Å². The number of halogens is 4. The summed E-state index contributed by atoms with van der Waals surface area (Å²) in [6.07, 6.45) is 0. The molecule has 244 valence electrons. The minimum Gasteiger partial charge on any atom is -0.386 e. The third kappa shape index (κ3) is 11.1. The van der Waals surface area contributed by atoms with E-state index in [-0.39, 0.29) is 67.2 Å². The van der Waals surface area contributed by atoms with E-state index in [1.807, 2.05) is 0 Å². The first-order valence-corrected chi connectivity index (χ1v) is 14.5. The van der Waals surface area contributed by atoms with Crippen LogP contribution in [0.3, 0.4) is 0 Å². The highest BCUT2D eigenvalue weighted by molar-refractivity contribution is 6.30. The molecule has 0 aliphatic carbocycles. The summed E-state index contributed by atoms with van der Waals surface area (Å²) in [6, 6.07) is 19.5. The minimum atomic E-state index is -1.01. The monoisotopic (exact) mass is 668 g/mol. The summed E-state index contributed by atoms with van der Waals surface area (Å²) in [5.74, 6) is -5.06. The quantitative estimate of drug-likeness (QED) is 0.107. The first-order chi connectivity index (χ1) is 22.6. The van der Waals surface area contributed by atoms with Crippen LogP contribution in [0.25, 0.3) is 0 Å². The largest absolute Gasteiger partial charge is 0.386 e. The zero-order valence-electron chi connectivity index (χ0n) is 24.7. The molecule has 0 saturated heterocycles. The Hall–Kier alpha value is -5.04. The average Bonchev–Trinajstić information content (AvgIpc) is 3.06. The number of ether oxygens (including phenoxy) is 3. The molecule has 4 rings (SSSR count). The molecule has 0 aliphatic rings. The summed E-state index contributed by atoms with van der Waals surface area (Å²) >= 11 is 5.65. The van der Waals surface area contributed by atoms with Crippen molar-refractivity contribution in [2.45, 2.75) is 13.2 Å². The second-order valence-corrected chi connectivity index (χ2v) is 10.5. The third-order valence-corrected chi connectivity index (χ3v) is 6.70. The van der Waals surface area contributed by atoms with Crippen molar-refractivity contribution in [1.82, 2.24) is 0 Å². The van der Waals surface area contributed by atoms with Gasteiger partial charge in [0.05, 0.1) is 42.5 Å². The molecule has 2 N–H and O–H groups in total. The third-order valence-electron chi connectivity index (χ3n) is 6.39. The van der Waals surface area contributed by atoms with E-state index >= 15 is 0 Å². The van der Waals surface area contributed by atoms with Crippen molar-refractivity contribution >= 4 is 46.5 Å². The normalized spacial score (nSPS) is 10.7. The van der Waals surface area contributed by atoms with Crippen molar-refractivity contribution in [1.29, 1.82) is 0 Å². The molecule has 0 spiro atoms. The predicted molar refractivity (Wildman–Crippen MR) is 167 cm³/mol. The van der Waals surface area contributed by atoms with E-state index < -0.39 is 29.4 Å². The molecule has 4 aromatic rings. The topological polar surface area (TPSA) is 120 Å². The van der Waals surface area contributed by atoms with E-state index in [9.17, 15) is 32.3 Å². The summed E-state index contributed by atoms with van der Waals surface area (Å²) in [5.41, 5.74) is 1.82. The SMILES string of the molecule is O=C(CNc1cccc(C(=O)OC(=O)c2cccc(NCC(=O)COCc3ccc(Cl)c(F)c3)c2)c1)COCc1ccc(F)c(F)c1. The number of hydrogen-bond acceptors (Lipinski definition) is 9. The predicted octanol–water partition coefficient (Wildman–Crippen LogP) is 6.15. The number of carbonyl (C=O) groups is 4.